The maximum Gasteiger partial charge on any atom is 0.391 e. The Morgan fingerprint density at radius 1 is 1.33 bits per heavy atom. The fraction of sp³-hybridized carbons (Fsp3) is 0.600. The number of nitrogens with zero attached hydrogens (tertiary/aromatic N) is 3. The Balaban J connectivity index is 2.08. The molecule has 2 heterocycles. The summed E-state index contributed by atoms with van der Waals surface area (Å²) in [6, 6.07) is 0. The number of rotatable bonds is 1. The summed E-state index contributed by atoms with van der Waals surface area (Å²) in [7, 11) is 0. The summed E-state index contributed by atoms with van der Waals surface area (Å²) in [5, 5.41) is 0.114. The van der Waals surface area contributed by atoms with E-state index < -0.39 is 12.1 Å². The Morgan fingerprint density at radius 3 is 2.50 bits per heavy atom. The molecule has 0 bridgehead atoms. The SMILES string of the molecule is FC(F)(F)C1CCN(c2nc(Cl)ncc2I)CC1. The van der Waals surface area contributed by atoms with Crippen LogP contribution in [0.3, 0.4) is 0 Å². The first kappa shape index (κ1) is 14.1. The molecule has 0 unspecified atom stereocenters. The zero-order chi connectivity index (χ0) is 13.3. The van der Waals surface area contributed by atoms with Gasteiger partial charge >= 0.3 is 6.18 Å². The predicted molar refractivity (Wildman–Crippen MR) is 70.8 cm³/mol. The van der Waals surface area contributed by atoms with Crippen LogP contribution < -0.4 is 4.90 Å². The summed E-state index contributed by atoms with van der Waals surface area (Å²) in [5.41, 5.74) is 0. The van der Waals surface area contributed by atoms with E-state index in [1.54, 1.807) is 6.20 Å². The molecule has 0 spiro atoms. The Kier molecular flexibility index (Phi) is 4.20. The van der Waals surface area contributed by atoms with E-state index in [2.05, 4.69) is 32.6 Å². The Labute approximate surface area is 121 Å². The number of halogens is 5. The molecule has 0 amide bonds. The molecule has 0 aliphatic carbocycles. The molecule has 0 atom stereocenters. The number of hydrogen-bond acceptors (Lipinski definition) is 3. The summed E-state index contributed by atoms with van der Waals surface area (Å²) < 4.78 is 38.4. The maximum absolute atomic E-state index is 12.5. The average molecular weight is 392 g/mol. The number of hydrogen-bond donors (Lipinski definition) is 0. The molecule has 0 saturated carbocycles. The van der Waals surface area contributed by atoms with Crippen LogP contribution in [0.25, 0.3) is 0 Å². The number of aromatic nitrogens is 2. The summed E-state index contributed by atoms with van der Waals surface area (Å²) in [6.45, 7) is 0.682. The van der Waals surface area contributed by atoms with Crippen molar-refractivity contribution in [2.24, 2.45) is 5.92 Å². The third-order valence-corrected chi connectivity index (χ3v) is 3.90. The van der Waals surface area contributed by atoms with E-state index in [1.165, 1.54) is 0 Å². The van der Waals surface area contributed by atoms with Crippen molar-refractivity contribution in [3.63, 3.8) is 0 Å². The van der Waals surface area contributed by atoms with Crippen LogP contribution >= 0.6 is 34.2 Å². The highest BCUT2D eigenvalue weighted by Crippen LogP contribution is 2.35. The van der Waals surface area contributed by atoms with Crippen molar-refractivity contribution in [1.29, 1.82) is 0 Å². The van der Waals surface area contributed by atoms with Crippen molar-refractivity contribution in [2.75, 3.05) is 18.0 Å². The van der Waals surface area contributed by atoms with Crippen molar-refractivity contribution in [3.8, 4) is 0 Å². The van der Waals surface area contributed by atoms with Crippen molar-refractivity contribution >= 4 is 40.0 Å². The molecular weight excluding hydrogens is 381 g/mol. The molecule has 1 aromatic rings. The minimum Gasteiger partial charge on any atom is -0.356 e. The van der Waals surface area contributed by atoms with Gasteiger partial charge in [0.15, 0.2) is 0 Å². The largest absolute Gasteiger partial charge is 0.391 e. The lowest BCUT2D eigenvalue weighted by Gasteiger charge is -2.33. The zero-order valence-corrected chi connectivity index (χ0v) is 12.1. The Morgan fingerprint density at radius 2 is 1.94 bits per heavy atom. The molecule has 100 valence electrons. The van der Waals surface area contributed by atoms with E-state index in [4.69, 9.17) is 11.6 Å². The van der Waals surface area contributed by atoms with Crippen LogP contribution in [0.1, 0.15) is 12.8 Å². The van der Waals surface area contributed by atoms with Gasteiger partial charge in [-0.25, -0.2) is 4.98 Å². The van der Waals surface area contributed by atoms with E-state index in [-0.39, 0.29) is 18.1 Å². The fourth-order valence-electron chi connectivity index (χ4n) is 1.98. The standard InChI is InChI=1S/C10H10ClF3IN3/c11-9-16-5-7(15)8(17-9)18-3-1-6(2-4-18)10(12,13)14/h5-6H,1-4H2. The van der Waals surface area contributed by atoms with Gasteiger partial charge in [0.25, 0.3) is 0 Å². The second-order valence-electron chi connectivity index (χ2n) is 4.11. The van der Waals surface area contributed by atoms with Crippen LogP contribution in [0, 0.1) is 9.49 Å². The van der Waals surface area contributed by atoms with Crippen LogP contribution in [0.2, 0.25) is 5.28 Å². The molecule has 0 radical (unpaired) electrons. The van der Waals surface area contributed by atoms with Gasteiger partial charge in [-0.15, -0.1) is 0 Å². The number of piperidine rings is 1. The fourth-order valence-corrected chi connectivity index (χ4v) is 2.71. The van der Waals surface area contributed by atoms with Gasteiger partial charge in [-0.05, 0) is 47.0 Å². The molecule has 18 heavy (non-hydrogen) atoms. The van der Waals surface area contributed by atoms with Crippen molar-refractivity contribution in [3.05, 3.63) is 15.1 Å². The number of alkyl halides is 3. The quantitative estimate of drug-likeness (QED) is 0.542. The third kappa shape index (κ3) is 3.17. The normalized spacial score (nSPS) is 18.2. The van der Waals surface area contributed by atoms with Gasteiger partial charge < -0.3 is 4.90 Å². The molecule has 1 aliphatic rings. The highest BCUT2D eigenvalue weighted by atomic mass is 127. The van der Waals surface area contributed by atoms with E-state index in [9.17, 15) is 13.2 Å². The van der Waals surface area contributed by atoms with Gasteiger partial charge in [0.1, 0.15) is 5.82 Å². The van der Waals surface area contributed by atoms with Gasteiger partial charge in [0.2, 0.25) is 5.28 Å². The van der Waals surface area contributed by atoms with Crippen LogP contribution in [0.4, 0.5) is 19.0 Å². The zero-order valence-electron chi connectivity index (χ0n) is 9.21. The maximum atomic E-state index is 12.5. The van der Waals surface area contributed by atoms with Gasteiger partial charge in [-0.2, -0.15) is 18.2 Å². The molecule has 1 aliphatic heterocycles. The second-order valence-corrected chi connectivity index (χ2v) is 5.61. The highest BCUT2D eigenvalue weighted by Gasteiger charge is 2.41. The predicted octanol–water partition coefficient (Wildman–Crippen LogP) is 3.51. The molecule has 8 heteroatoms. The Hall–Kier alpha value is -0.310. The third-order valence-electron chi connectivity index (χ3n) is 2.95. The molecule has 1 aromatic heterocycles. The van der Waals surface area contributed by atoms with Crippen LogP contribution in [-0.4, -0.2) is 29.2 Å². The summed E-state index contributed by atoms with van der Waals surface area (Å²) in [6.07, 6.45) is -2.33. The number of anilines is 1. The first-order valence-electron chi connectivity index (χ1n) is 5.37. The van der Waals surface area contributed by atoms with Gasteiger partial charge in [0.05, 0.1) is 9.49 Å². The average Bonchev–Trinajstić information content (AvgIpc) is 2.31. The minimum absolute atomic E-state index is 0.0984. The Bertz CT molecular complexity index is 433. The van der Waals surface area contributed by atoms with Crippen molar-refractivity contribution < 1.29 is 13.2 Å². The lowest BCUT2D eigenvalue weighted by atomic mass is 9.96. The van der Waals surface area contributed by atoms with Gasteiger partial charge in [-0.1, -0.05) is 0 Å². The minimum atomic E-state index is -4.09. The second kappa shape index (κ2) is 5.36. The molecular formula is C10H10ClF3IN3. The monoisotopic (exact) mass is 391 g/mol. The highest BCUT2D eigenvalue weighted by molar-refractivity contribution is 14.1. The van der Waals surface area contributed by atoms with E-state index in [0.29, 0.717) is 18.9 Å². The molecule has 0 N–H and O–H groups in total. The van der Waals surface area contributed by atoms with E-state index in [1.807, 2.05) is 4.90 Å². The molecule has 3 nitrogen and oxygen atoms in total. The first-order chi connectivity index (χ1) is 8.38. The molecule has 2 rings (SSSR count). The lowest BCUT2D eigenvalue weighted by molar-refractivity contribution is -0.179. The summed E-state index contributed by atoms with van der Waals surface area (Å²) >= 11 is 7.76. The van der Waals surface area contributed by atoms with Crippen molar-refractivity contribution in [1.82, 2.24) is 9.97 Å². The summed E-state index contributed by atoms with van der Waals surface area (Å²) in [4.78, 5) is 9.73. The topological polar surface area (TPSA) is 29.0 Å². The molecule has 1 fully saturated rings. The smallest absolute Gasteiger partial charge is 0.356 e. The lowest BCUT2D eigenvalue weighted by Crippen LogP contribution is -2.39. The van der Waals surface area contributed by atoms with E-state index in [0.717, 1.165) is 3.57 Å². The van der Waals surface area contributed by atoms with Crippen molar-refractivity contribution in [2.45, 2.75) is 19.0 Å². The van der Waals surface area contributed by atoms with Crippen LogP contribution in [0.15, 0.2) is 6.20 Å². The van der Waals surface area contributed by atoms with Crippen LogP contribution in [-0.2, 0) is 0 Å². The van der Waals surface area contributed by atoms with Gasteiger partial charge in [0, 0.05) is 19.3 Å². The molecule has 0 aromatic carbocycles. The van der Waals surface area contributed by atoms with Crippen LogP contribution in [0.5, 0.6) is 0 Å². The van der Waals surface area contributed by atoms with Gasteiger partial charge in [-0.3, -0.25) is 0 Å². The van der Waals surface area contributed by atoms with E-state index >= 15 is 0 Å². The first-order valence-corrected chi connectivity index (χ1v) is 6.83. The summed E-state index contributed by atoms with van der Waals surface area (Å²) in [5.74, 6) is -0.583. The molecule has 1 saturated heterocycles.